The molecule has 0 bridgehead atoms. The molecule has 36 heavy (non-hydrogen) atoms. The smallest absolute Gasteiger partial charge is 0.352 e. The summed E-state index contributed by atoms with van der Waals surface area (Å²) in [6, 6.07) is 7.68. The van der Waals surface area contributed by atoms with E-state index < -0.39 is 16.9 Å². The molecular formula is C24H31N5O7. The Hall–Kier alpha value is -4.40. The summed E-state index contributed by atoms with van der Waals surface area (Å²) in [6.45, 7) is 9.77. The summed E-state index contributed by atoms with van der Waals surface area (Å²) in [7, 11) is 0. The molecule has 0 radical (unpaired) electrons. The van der Waals surface area contributed by atoms with Crippen LogP contribution in [0.5, 0.6) is 0 Å². The monoisotopic (exact) mass is 501 g/mol. The molecule has 2 aromatic rings. The predicted octanol–water partition coefficient (Wildman–Crippen LogP) is 3.88. The molecule has 1 aromatic heterocycles. The van der Waals surface area contributed by atoms with Crippen LogP contribution >= 0.6 is 0 Å². The fourth-order valence-corrected chi connectivity index (χ4v) is 3.04. The van der Waals surface area contributed by atoms with Crippen molar-refractivity contribution in [2.45, 2.75) is 47.5 Å². The number of ether oxygens (including phenoxy) is 3. The van der Waals surface area contributed by atoms with Crippen molar-refractivity contribution in [1.82, 2.24) is 9.78 Å². The van der Waals surface area contributed by atoms with Crippen LogP contribution in [0.3, 0.4) is 0 Å². The number of aromatic nitrogens is 2. The highest BCUT2D eigenvalue weighted by Gasteiger charge is 2.23. The summed E-state index contributed by atoms with van der Waals surface area (Å²) in [5.74, 6) is -0.655. The van der Waals surface area contributed by atoms with Crippen LogP contribution in [0, 0.1) is 21.4 Å². The Kier molecular flexibility index (Phi) is 12.2. The van der Waals surface area contributed by atoms with E-state index in [0.717, 1.165) is 0 Å². The van der Waals surface area contributed by atoms with Gasteiger partial charge in [0.25, 0.3) is 5.69 Å². The number of carbonyl (C=O) groups excluding carboxylic acids is 2. The minimum atomic E-state index is -0.611. The van der Waals surface area contributed by atoms with Crippen LogP contribution in [-0.2, 0) is 25.4 Å². The zero-order chi connectivity index (χ0) is 27.3. The molecule has 0 fully saturated rings. The molecule has 0 aliphatic heterocycles. The van der Waals surface area contributed by atoms with Crippen molar-refractivity contribution in [2.75, 3.05) is 25.6 Å². The van der Waals surface area contributed by atoms with Crippen LogP contribution in [0.2, 0.25) is 0 Å². The number of rotatable bonds is 10. The molecule has 194 valence electrons. The first-order chi connectivity index (χ1) is 17.2. The highest BCUT2D eigenvalue weighted by atomic mass is 16.6. The number of carbonyl (C=O) groups is 2. The minimum Gasteiger partial charge on any atom is -0.497 e. The van der Waals surface area contributed by atoms with Crippen LogP contribution in [0.25, 0.3) is 5.69 Å². The topological polar surface area (TPSA) is 173 Å². The van der Waals surface area contributed by atoms with E-state index in [-0.39, 0.29) is 35.9 Å². The quantitative estimate of drug-likeness (QED) is 0.126. The molecule has 0 atom stereocenters. The van der Waals surface area contributed by atoms with Gasteiger partial charge in [-0.3, -0.25) is 10.1 Å². The highest BCUT2D eigenvalue weighted by molar-refractivity contribution is 5.96. The number of hydrogen-bond donors (Lipinski definition) is 1. The summed E-state index contributed by atoms with van der Waals surface area (Å²) in [4.78, 5) is 33.6. The SMILES string of the molecule is CCOC(=O)C(C#N)=C(CC)OCC.CCOC(=O)c1c(CC)nn(-c2cccc([N+](=O)[O-])c2)c1N. The first-order valence-electron chi connectivity index (χ1n) is 11.4. The van der Waals surface area contributed by atoms with E-state index in [4.69, 9.17) is 25.2 Å². The van der Waals surface area contributed by atoms with Gasteiger partial charge in [0.2, 0.25) is 0 Å². The Labute approximate surface area is 209 Å². The third-order valence-corrected chi connectivity index (χ3v) is 4.60. The number of nitro groups is 1. The number of nitrogen functional groups attached to an aromatic ring is 1. The van der Waals surface area contributed by atoms with E-state index in [1.54, 1.807) is 32.9 Å². The van der Waals surface area contributed by atoms with Crippen LogP contribution in [-0.4, -0.2) is 46.5 Å². The summed E-state index contributed by atoms with van der Waals surface area (Å²) in [5.41, 5.74) is 6.99. The molecule has 0 saturated carbocycles. The Morgan fingerprint density at radius 2 is 1.75 bits per heavy atom. The molecule has 0 spiro atoms. The summed E-state index contributed by atoms with van der Waals surface area (Å²) in [6.07, 6.45) is 0.996. The molecule has 12 nitrogen and oxygen atoms in total. The van der Waals surface area contributed by atoms with Gasteiger partial charge in [-0.15, -0.1) is 0 Å². The van der Waals surface area contributed by atoms with E-state index in [2.05, 4.69) is 5.10 Å². The Morgan fingerprint density at radius 1 is 1.11 bits per heavy atom. The number of nitriles is 1. The first kappa shape index (κ1) is 29.6. The van der Waals surface area contributed by atoms with Crippen molar-refractivity contribution in [3.8, 4) is 11.8 Å². The summed E-state index contributed by atoms with van der Waals surface area (Å²) >= 11 is 0. The summed E-state index contributed by atoms with van der Waals surface area (Å²) < 4.78 is 16.2. The molecule has 0 saturated heterocycles. The van der Waals surface area contributed by atoms with Gasteiger partial charge in [0.05, 0.1) is 36.1 Å². The van der Waals surface area contributed by atoms with Gasteiger partial charge in [-0.1, -0.05) is 19.9 Å². The molecule has 2 N–H and O–H groups in total. The normalized spacial score (nSPS) is 10.8. The molecular weight excluding hydrogens is 470 g/mol. The number of anilines is 1. The predicted molar refractivity (Wildman–Crippen MR) is 131 cm³/mol. The maximum absolute atomic E-state index is 12.0. The number of hydrogen-bond acceptors (Lipinski definition) is 10. The van der Waals surface area contributed by atoms with Crippen LogP contribution in [0.4, 0.5) is 11.5 Å². The molecule has 12 heteroatoms. The van der Waals surface area contributed by atoms with Crippen molar-refractivity contribution in [3.05, 3.63) is 57.0 Å². The number of esters is 2. The number of nitrogens with two attached hydrogens (primary N) is 1. The lowest BCUT2D eigenvalue weighted by atomic mass is 10.2. The zero-order valence-corrected chi connectivity index (χ0v) is 21.1. The second-order valence-electron chi connectivity index (χ2n) is 6.89. The van der Waals surface area contributed by atoms with Gasteiger partial charge in [-0.2, -0.15) is 10.4 Å². The maximum Gasteiger partial charge on any atom is 0.352 e. The largest absolute Gasteiger partial charge is 0.497 e. The second kappa shape index (κ2) is 14.8. The lowest BCUT2D eigenvalue weighted by molar-refractivity contribution is -0.384. The lowest BCUT2D eigenvalue weighted by Gasteiger charge is -2.08. The van der Waals surface area contributed by atoms with Crippen LogP contribution in [0.1, 0.15) is 57.1 Å². The van der Waals surface area contributed by atoms with Gasteiger partial charge in [0.15, 0.2) is 5.57 Å². The van der Waals surface area contributed by atoms with E-state index in [1.807, 2.05) is 13.8 Å². The highest BCUT2D eigenvalue weighted by Crippen LogP contribution is 2.24. The van der Waals surface area contributed by atoms with E-state index in [9.17, 15) is 19.7 Å². The summed E-state index contributed by atoms with van der Waals surface area (Å²) in [5, 5.41) is 23.9. The fraction of sp³-hybridized carbons (Fsp3) is 0.417. The van der Waals surface area contributed by atoms with Gasteiger partial charge < -0.3 is 19.9 Å². The Balaban J connectivity index is 0.000000402. The van der Waals surface area contributed by atoms with Gasteiger partial charge in [0, 0.05) is 18.6 Å². The van der Waals surface area contributed by atoms with Crippen molar-refractivity contribution in [1.29, 1.82) is 5.26 Å². The molecule has 1 heterocycles. The number of allylic oxidation sites excluding steroid dienone is 1. The number of non-ortho nitro benzene ring substituents is 1. The van der Waals surface area contributed by atoms with Crippen LogP contribution in [0.15, 0.2) is 35.6 Å². The second-order valence-corrected chi connectivity index (χ2v) is 6.89. The minimum absolute atomic E-state index is 0.0313. The van der Waals surface area contributed by atoms with E-state index in [1.165, 1.54) is 22.9 Å². The number of aryl methyl sites for hydroxylation is 1. The molecule has 0 aliphatic carbocycles. The van der Waals surface area contributed by atoms with Gasteiger partial charge in [-0.05, 0) is 33.3 Å². The fourth-order valence-electron chi connectivity index (χ4n) is 3.04. The maximum atomic E-state index is 12.0. The molecule has 0 aliphatic rings. The molecule has 0 amide bonds. The van der Waals surface area contributed by atoms with Gasteiger partial charge >= 0.3 is 11.9 Å². The Morgan fingerprint density at radius 3 is 2.25 bits per heavy atom. The zero-order valence-electron chi connectivity index (χ0n) is 21.1. The molecule has 0 unspecified atom stereocenters. The first-order valence-corrected chi connectivity index (χ1v) is 11.4. The van der Waals surface area contributed by atoms with Gasteiger partial charge in [-0.25, -0.2) is 14.3 Å². The average molecular weight is 502 g/mol. The van der Waals surface area contributed by atoms with Crippen molar-refractivity contribution < 1.29 is 28.7 Å². The third-order valence-electron chi connectivity index (χ3n) is 4.60. The molecule has 1 aromatic carbocycles. The van der Waals surface area contributed by atoms with Crippen molar-refractivity contribution in [2.24, 2.45) is 0 Å². The van der Waals surface area contributed by atoms with Crippen LogP contribution < -0.4 is 5.73 Å². The number of nitrogens with zero attached hydrogens (tertiary/aromatic N) is 4. The van der Waals surface area contributed by atoms with E-state index in [0.29, 0.717) is 36.6 Å². The third kappa shape index (κ3) is 7.56. The molecule has 2 rings (SSSR count). The Bertz CT molecular complexity index is 1150. The van der Waals surface area contributed by atoms with Crippen molar-refractivity contribution in [3.63, 3.8) is 0 Å². The lowest BCUT2D eigenvalue weighted by Crippen LogP contribution is -2.10. The van der Waals surface area contributed by atoms with Crippen molar-refractivity contribution >= 4 is 23.4 Å². The number of benzene rings is 1. The average Bonchev–Trinajstić information content (AvgIpc) is 3.21. The van der Waals surface area contributed by atoms with E-state index >= 15 is 0 Å². The van der Waals surface area contributed by atoms with Gasteiger partial charge in [0.1, 0.15) is 23.2 Å². The number of nitro benzene ring substituents is 1. The standard InChI is InChI=1S/C14H16N4O4.C10H15NO3/c1-3-11-12(14(19)22-4-2)13(15)17(16-11)9-6-5-7-10(8-9)18(20)21;1-4-9(13-5-2)8(7-11)10(12)14-6-3/h5-8H,3-4,15H2,1-2H3;4-6H2,1-3H3.